The largest absolute Gasteiger partial charge is 0.337 e. The van der Waals surface area contributed by atoms with E-state index < -0.39 is 0 Å². The smallest absolute Gasteiger partial charge is 0.0945 e. The van der Waals surface area contributed by atoms with E-state index >= 15 is 0 Å². The van der Waals surface area contributed by atoms with Crippen LogP contribution in [0.1, 0.15) is 30.0 Å². The maximum Gasteiger partial charge on any atom is 0.0945 e. The Hall–Kier alpha value is -1.98. The van der Waals surface area contributed by atoms with Crippen molar-refractivity contribution in [1.29, 1.82) is 0 Å². The molecule has 1 saturated heterocycles. The van der Waals surface area contributed by atoms with Gasteiger partial charge in [-0.1, -0.05) is 6.07 Å². The van der Waals surface area contributed by atoms with Gasteiger partial charge < -0.3 is 4.57 Å². The minimum atomic E-state index is 0.646. The van der Waals surface area contributed by atoms with Gasteiger partial charge in [-0.2, -0.15) is 11.3 Å². The third-order valence-electron chi connectivity index (χ3n) is 4.91. The maximum absolute atomic E-state index is 4.62. The van der Waals surface area contributed by atoms with E-state index in [2.05, 4.69) is 55.4 Å². The highest BCUT2D eigenvalue weighted by atomic mass is 32.1. The molecule has 0 amide bonds. The SMILES string of the molecule is Cn1cncc1C1CCN(Cc2ccc(-c3ccsc3)nc2)CC1. The van der Waals surface area contributed by atoms with Crippen molar-refractivity contribution in [3.63, 3.8) is 0 Å². The van der Waals surface area contributed by atoms with Gasteiger partial charge in [0.1, 0.15) is 0 Å². The van der Waals surface area contributed by atoms with Crippen LogP contribution in [0.15, 0.2) is 47.7 Å². The van der Waals surface area contributed by atoms with Crippen molar-refractivity contribution < 1.29 is 0 Å². The number of imidazole rings is 1. The van der Waals surface area contributed by atoms with Crippen molar-refractivity contribution in [3.05, 3.63) is 58.9 Å². The molecule has 0 radical (unpaired) electrons. The third kappa shape index (κ3) is 3.28. The summed E-state index contributed by atoms with van der Waals surface area (Å²) in [6.07, 6.45) is 8.37. The Morgan fingerprint density at radius 3 is 2.67 bits per heavy atom. The molecule has 0 aliphatic carbocycles. The lowest BCUT2D eigenvalue weighted by molar-refractivity contribution is 0.202. The zero-order chi connectivity index (χ0) is 16.4. The zero-order valence-corrected chi connectivity index (χ0v) is 14.7. The molecule has 4 heterocycles. The molecule has 3 aromatic rings. The quantitative estimate of drug-likeness (QED) is 0.723. The van der Waals surface area contributed by atoms with Gasteiger partial charge in [-0.15, -0.1) is 0 Å². The minimum absolute atomic E-state index is 0.646. The lowest BCUT2D eigenvalue weighted by Gasteiger charge is -2.32. The number of nitrogens with zero attached hydrogens (tertiary/aromatic N) is 4. The average molecular weight is 338 g/mol. The van der Waals surface area contributed by atoms with Crippen LogP contribution in [0.5, 0.6) is 0 Å². The minimum Gasteiger partial charge on any atom is -0.337 e. The molecular weight excluding hydrogens is 316 g/mol. The van der Waals surface area contributed by atoms with Crippen molar-refractivity contribution >= 4 is 11.3 Å². The predicted octanol–water partition coefficient (Wildman–Crippen LogP) is 3.92. The van der Waals surface area contributed by atoms with Crippen LogP contribution in [0.2, 0.25) is 0 Å². The number of piperidine rings is 1. The third-order valence-corrected chi connectivity index (χ3v) is 5.59. The second kappa shape index (κ2) is 6.87. The molecule has 1 aliphatic rings. The van der Waals surface area contributed by atoms with Crippen molar-refractivity contribution in [2.24, 2.45) is 7.05 Å². The van der Waals surface area contributed by atoms with Gasteiger partial charge in [0.25, 0.3) is 0 Å². The van der Waals surface area contributed by atoms with Crippen LogP contribution in [0.3, 0.4) is 0 Å². The molecule has 0 aromatic carbocycles. The van der Waals surface area contributed by atoms with E-state index in [9.17, 15) is 0 Å². The number of hydrogen-bond acceptors (Lipinski definition) is 4. The summed E-state index contributed by atoms with van der Waals surface area (Å²) < 4.78 is 2.16. The second-order valence-corrected chi connectivity index (χ2v) is 7.32. The van der Waals surface area contributed by atoms with Gasteiger partial charge in [0, 0.05) is 48.5 Å². The van der Waals surface area contributed by atoms with E-state index in [0.717, 1.165) is 25.3 Å². The van der Waals surface area contributed by atoms with Gasteiger partial charge >= 0.3 is 0 Å². The number of likely N-dealkylation sites (tertiary alicyclic amines) is 1. The summed E-state index contributed by atoms with van der Waals surface area (Å²) in [6.45, 7) is 3.28. The number of hydrogen-bond donors (Lipinski definition) is 0. The number of pyridine rings is 1. The van der Waals surface area contributed by atoms with E-state index in [-0.39, 0.29) is 0 Å². The predicted molar refractivity (Wildman–Crippen MR) is 98.0 cm³/mol. The van der Waals surface area contributed by atoms with E-state index in [0.29, 0.717) is 5.92 Å². The van der Waals surface area contributed by atoms with Gasteiger partial charge in [0.2, 0.25) is 0 Å². The molecule has 124 valence electrons. The molecule has 0 unspecified atom stereocenters. The molecule has 0 N–H and O–H groups in total. The molecule has 24 heavy (non-hydrogen) atoms. The van der Waals surface area contributed by atoms with E-state index in [1.807, 2.05) is 18.7 Å². The standard InChI is InChI=1S/C19H22N4S/c1-22-14-20-11-19(22)16-4-7-23(8-5-16)12-15-2-3-18(21-10-15)17-6-9-24-13-17/h2-3,6,9-11,13-14,16H,4-5,7-8,12H2,1H3. The summed E-state index contributed by atoms with van der Waals surface area (Å²) in [5.41, 5.74) is 4.95. The molecule has 4 rings (SSSR count). The summed E-state index contributed by atoms with van der Waals surface area (Å²) in [5.74, 6) is 0.646. The van der Waals surface area contributed by atoms with Crippen molar-refractivity contribution in [1.82, 2.24) is 19.4 Å². The molecule has 5 heteroatoms. The summed E-state index contributed by atoms with van der Waals surface area (Å²) in [6, 6.07) is 6.48. The fraction of sp³-hybridized carbons (Fsp3) is 0.368. The zero-order valence-electron chi connectivity index (χ0n) is 13.9. The molecule has 4 nitrogen and oxygen atoms in total. The highest BCUT2D eigenvalue weighted by Gasteiger charge is 2.22. The van der Waals surface area contributed by atoms with Gasteiger partial charge in [-0.05, 0) is 49.0 Å². The summed E-state index contributed by atoms with van der Waals surface area (Å²) in [7, 11) is 2.09. The highest BCUT2D eigenvalue weighted by Crippen LogP contribution is 2.28. The Labute approximate surface area is 146 Å². The van der Waals surface area contributed by atoms with Crippen LogP contribution in [0.4, 0.5) is 0 Å². The van der Waals surface area contributed by atoms with Crippen LogP contribution >= 0.6 is 11.3 Å². The molecule has 1 fully saturated rings. The molecule has 0 saturated carbocycles. The fourth-order valence-corrected chi connectivity index (χ4v) is 4.15. The second-order valence-electron chi connectivity index (χ2n) is 6.54. The van der Waals surface area contributed by atoms with Crippen molar-refractivity contribution in [3.8, 4) is 11.3 Å². The first-order valence-corrected chi connectivity index (χ1v) is 9.40. The molecule has 3 aromatic heterocycles. The highest BCUT2D eigenvalue weighted by molar-refractivity contribution is 7.08. The number of aromatic nitrogens is 3. The molecular formula is C19H22N4S. The number of rotatable bonds is 4. The van der Waals surface area contributed by atoms with Gasteiger partial charge in [-0.25, -0.2) is 4.98 Å². The summed E-state index contributed by atoms with van der Waals surface area (Å²) >= 11 is 1.71. The average Bonchev–Trinajstić information content (AvgIpc) is 3.28. The van der Waals surface area contributed by atoms with Crippen LogP contribution in [0.25, 0.3) is 11.3 Å². The maximum atomic E-state index is 4.62. The summed E-state index contributed by atoms with van der Waals surface area (Å²) in [5, 5.41) is 4.24. The van der Waals surface area contributed by atoms with Gasteiger partial charge in [-0.3, -0.25) is 9.88 Å². The van der Waals surface area contributed by atoms with E-state index in [1.165, 1.54) is 29.7 Å². The monoisotopic (exact) mass is 338 g/mol. The Morgan fingerprint density at radius 2 is 2.04 bits per heavy atom. The fourth-order valence-electron chi connectivity index (χ4n) is 3.50. The Balaban J connectivity index is 1.35. The van der Waals surface area contributed by atoms with Gasteiger partial charge in [0.05, 0.1) is 12.0 Å². The lowest BCUT2D eigenvalue weighted by atomic mass is 9.93. The first-order chi connectivity index (χ1) is 11.8. The van der Waals surface area contributed by atoms with Crippen LogP contribution in [-0.4, -0.2) is 32.5 Å². The molecule has 1 aliphatic heterocycles. The Morgan fingerprint density at radius 1 is 1.17 bits per heavy atom. The first kappa shape index (κ1) is 15.5. The molecule has 0 bridgehead atoms. The number of aryl methyl sites for hydroxylation is 1. The van der Waals surface area contributed by atoms with Crippen LogP contribution in [0, 0.1) is 0 Å². The first-order valence-electron chi connectivity index (χ1n) is 8.45. The Kier molecular flexibility index (Phi) is 4.45. The topological polar surface area (TPSA) is 34.0 Å². The van der Waals surface area contributed by atoms with E-state index in [1.54, 1.807) is 11.3 Å². The van der Waals surface area contributed by atoms with Crippen molar-refractivity contribution in [2.45, 2.75) is 25.3 Å². The molecule has 0 atom stereocenters. The Bertz CT molecular complexity index is 768. The van der Waals surface area contributed by atoms with E-state index in [4.69, 9.17) is 0 Å². The summed E-state index contributed by atoms with van der Waals surface area (Å²) in [4.78, 5) is 11.4. The number of thiophene rings is 1. The van der Waals surface area contributed by atoms with Crippen molar-refractivity contribution in [2.75, 3.05) is 13.1 Å². The van der Waals surface area contributed by atoms with Crippen LogP contribution in [-0.2, 0) is 13.6 Å². The van der Waals surface area contributed by atoms with Gasteiger partial charge in [0.15, 0.2) is 0 Å². The van der Waals surface area contributed by atoms with Crippen LogP contribution < -0.4 is 0 Å². The lowest BCUT2D eigenvalue weighted by Crippen LogP contribution is -2.32. The molecule has 0 spiro atoms. The normalized spacial score (nSPS) is 16.5.